The lowest BCUT2D eigenvalue weighted by molar-refractivity contribution is 1.16. The van der Waals surface area contributed by atoms with Crippen molar-refractivity contribution in [2.24, 2.45) is 0 Å². The number of aryl methyl sites for hydroxylation is 4. The summed E-state index contributed by atoms with van der Waals surface area (Å²) in [5, 5.41) is 0. The van der Waals surface area contributed by atoms with Gasteiger partial charge in [-0.05, 0) is 61.9 Å². The minimum absolute atomic E-state index is 0.857. The van der Waals surface area contributed by atoms with Crippen molar-refractivity contribution < 1.29 is 0 Å². The molecule has 0 spiro atoms. The first-order chi connectivity index (χ1) is 8.88. The highest BCUT2D eigenvalue weighted by atomic mass is 14.6. The smallest absolute Gasteiger partial charge is 0.0379 e. The zero-order valence-corrected chi connectivity index (χ0v) is 12.2. The second kappa shape index (κ2) is 4.96. The quantitative estimate of drug-likeness (QED) is 0.803. The molecule has 0 radical (unpaired) electrons. The van der Waals surface area contributed by atoms with Crippen LogP contribution in [0.2, 0.25) is 0 Å². The molecule has 0 aliphatic carbocycles. The number of hydrogen-bond acceptors (Lipinski definition) is 2. The summed E-state index contributed by atoms with van der Waals surface area (Å²) in [5.74, 6) is 0. The molecule has 100 valence electrons. The normalized spacial score (nSPS) is 10.7. The Morgan fingerprint density at radius 1 is 0.737 bits per heavy atom. The fourth-order valence-corrected chi connectivity index (χ4v) is 2.60. The van der Waals surface area contributed by atoms with Gasteiger partial charge in [-0.1, -0.05) is 29.8 Å². The van der Waals surface area contributed by atoms with E-state index in [1.54, 1.807) is 0 Å². The molecular weight excluding hydrogens is 232 g/mol. The Labute approximate surface area is 115 Å². The first kappa shape index (κ1) is 13.5. The molecule has 0 saturated carbocycles. The van der Waals surface area contributed by atoms with E-state index < -0.39 is 0 Å². The standard InChI is InChI=1S/C17H22N2/c1-10-5-11(2)17(19)15(6-10)9-14-7-12(3)16(18)13(4)8-14/h5-8H,9,18-19H2,1-4H3. The molecule has 0 heterocycles. The second-order valence-corrected chi connectivity index (χ2v) is 5.47. The van der Waals surface area contributed by atoms with Crippen LogP contribution in [0.1, 0.15) is 33.4 Å². The minimum Gasteiger partial charge on any atom is -0.398 e. The molecule has 0 unspecified atom stereocenters. The third-order valence-corrected chi connectivity index (χ3v) is 3.66. The zero-order valence-electron chi connectivity index (χ0n) is 12.2. The van der Waals surface area contributed by atoms with Crippen LogP contribution in [0.25, 0.3) is 0 Å². The predicted molar refractivity (Wildman–Crippen MR) is 83.5 cm³/mol. The van der Waals surface area contributed by atoms with E-state index in [4.69, 9.17) is 11.5 Å². The Balaban J connectivity index is 2.42. The summed E-state index contributed by atoms with van der Waals surface area (Å²) >= 11 is 0. The molecule has 0 atom stereocenters. The molecule has 2 aromatic carbocycles. The van der Waals surface area contributed by atoms with Gasteiger partial charge in [0.2, 0.25) is 0 Å². The first-order valence-corrected chi connectivity index (χ1v) is 6.59. The number of nitrogen functional groups attached to an aromatic ring is 2. The van der Waals surface area contributed by atoms with Gasteiger partial charge in [-0.3, -0.25) is 0 Å². The van der Waals surface area contributed by atoms with Crippen molar-refractivity contribution in [1.82, 2.24) is 0 Å². The van der Waals surface area contributed by atoms with E-state index in [2.05, 4.69) is 52.0 Å². The van der Waals surface area contributed by atoms with Crippen molar-refractivity contribution >= 4 is 11.4 Å². The average Bonchev–Trinajstić information content (AvgIpc) is 2.32. The second-order valence-electron chi connectivity index (χ2n) is 5.47. The van der Waals surface area contributed by atoms with Gasteiger partial charge in [-0.2, -0.15) is 0 Å². The van der Waals surface area contributed by atoms with Gasteiger partial charge in [0.05, 0.1) is 0 Å². The van der Waals surface area contributed by atoms with Crippen LogP contribution in [-0.4, -0.2) is 0 Å². The lowest BCUT2D eigenvalue weighted by Gasteiger charge is -2.13. The Bertz CT molecular complexity index is 604. The molecule has 4 N–H and O–H groups in total. The molecule has 19 heavy (non-hydrogen) atoms. The van der Waals surface area contributed by atoms with Gasteiger partial charge in [-0.25, -0.2) is 0 Å². The molecule has 0 amide bonds. The minimum atomic E-state index is 0.857. The zero-order chi connectivity index (χ0) is 14.2. The Morgan fingerprint density at radius 3 is 1.84 bits per heavy atom. The highest BCUT2D eigenvalue weighted by molar-refractivity contribution is 5.59. The highest BCUT2D eigenvalue weighted by Gasteiger charge is 2.07. The maximum atomic E-state index is 6.18. The van der Waals surface area contributed by atoms with Crippen molar-refractivity contribution in [2.45, 2.75) is 34.1 Å². The van der Waals surface area contributed by atoms with Crippen LogP contribution in [0.5, 0.6) is 0 Å². The SMILES string of the molecule is Cc1cc(C)c(N)c(Cc2cc(C)c(N)c(C)c2)c1. The summed E-state index contributed by atoms with van der Waals surface area (Å²) in [6, 6.07) is 8.60. The fourth-order valence-electron chi connectivity index (χ4n) is 2.60. The van der Waals surface area contributed by atoms with Gasteiger partial charge in [0.15, 0.2) is 0 Å². The third kappa shape index (κ3) is 2.73. The summed E-state index contributed by atoms with van der Waals surface area (Å²) in [7, 11) is 0. The van der Waals surface area contributed by atoms with E-state index >= 15 is 0 Å². The lowest BCUT2D eigenvalue weighted by atomic mass is 9.96. The van der Waals surface area contributed by atoms with Crippen molar-refractivity contribution in [3.63, 3.8) is 0 Å². The molecule has 2 rings (SSSR count). The molecule has 2 heteroatoms. The summed E-state index contributed by atoms with van der Waals surface area (Å²) in [4.78, 5) is 0. The van der Waals surface area contributed by atoms with E-state index in [0.29, 0.717) is 0 Å². The number of nitrogens with two attached hydrogens (primary N) is 2. The molecule has 0 bridgehead atoms. The van der Waals surface area contributed by atoms with Crippen LogP contribution in [0.4, 0.5) is 11.4 Å². The van der Waals surface area contributed by atoms with Gasteiger partial charge in [-0.15, -0.1) is 0 Å². The van der Waals surface area contributed by atoms with Gasteiger partial charge in [0.1, 0.15) is 0 Å². The van der Waals surface area contributed by atoms with E-state index in [-0.39, 0.29) is 0 Å². The van der Waals surface area contributed by atoms with Crippen molar-refractivity contribution in [1.29, 1.82) is 0 Å². The largest absolute Gasteiger partial charge is 0.398 e. The van der Waals surface area contributed by atoms with E-state index in [1.807, 2.05) is 0 Å². The Morgan fingerprint density at radius 2 is 1.26 bits per heavy atom. The van der Waals surface area contributed by atoms with E-state index in [0.717, 1.165) is 34.5 Å². The van der Waals surface area contributed by atoms with Gasteiger partial charge in [0.25, 0.3) is 0 Å². The first-order valence-electron chi connectivity index (χ1n) is 6.59. The molecule has 0 fully saturated rings. The fraction of sp³-hybridized carbons (Fsp3) is 0.294. The number of hydrogen-bond donors (Lipinski definition) is 2. The molecule has 2 aromatic rings. The number of benzene rings is 2. The lowest BCUT2D eigenvalue weighted by Crippen LogP contribution is -2.01. The molecule has 0 aliphatic rings. The van der Waals surface area contributed by atoms with Crippen molar-refractivity contribution in [3.05, 3.63) is 57.6 Å². The Hall–Kier alpha value is -1.96. The number of anilines is 2. The van der Waals surface area contributed by atoms with Crippen LogP contribution in [0, 0.1) is 27.7 Å². The van der Waals surface area contributed by atoms with Crippen LogP contribution in [0.15, 0.2) is 24.3 Å². The van der Waals surface area contributed by atoms with Gasteiger partial charge >= 0.3 is 0 Å². The monoisotopic (exact) mass is 254 g/mol. The van der Waals surface area contributed by atoms with Gasteiger partial charge < -0.3 is 11.5 Å². The third-order valence-electron chi connectivity index (χ3n) is 3.66. The van der Waals surface area contributed by atoms with Crippen LogP contribution < -0.4 is 11.5 Å². The van der Waals surface area contributed by atoms with Crippen LogP contribution in [0.3, 0.4) is 0 Å². The summed E-state index contributed by atoms with van der Waals surface area (Å²) < 4.78 is 0. The molecule has 0 saturated heterocycles. The van der Waals surface area contributed by atoms with Crippen molar-refractivity contribution in [3.8, 4) is 0 Å². The summed E-state index contributed by atoms with van der Waals surface area (Å²) in [6.45, 7) is 8.27. The average molecular weight is 254 g/mol. The predicted octanol–water partition coefficient (Wildman–Crippen LogP) is 3.68. The van der Waals surface area contributed by atoms with Crippen molar-refractivity contribution in [2.75, 3.05) is 11.5 Å². The Kier molecular flexibility index (Phi) is 3.52. The summed E-state index contributed by atoms with van der Waals surface area (Å²) in [5.41, 5.74) is 21.1. The van der Waals surface area contributed by atoms with E-state index in [1.165, 1.54) is 16.7 Å². The summed E-state index contributed by atoms with van der Waals surface area (Å²) in [6.07, 6.45) is 0.857. The van der Waals surface area contributed by atoms with Crippen LogP contribution in [-0.2, 0) is 6.42 Å². The molecule has 0 aliphatic heterocycles. The maximum Gasteiger partial charge on any atom is 0.0379 e. The highest BCUT2D eigenvalue weighted by Crippen LogP contribution is 2.25. The van der Waals surface area contributed by atoms with Crippen LogP contribution >= 0.6 is 0 Å². The topological polar surface area (TPSA) is 52.0 Å². The maximum absolute atomic E-state index is 6.18. The molecular formula is C17H22N2. The van der Waals surface area contributed by atoms with E-state index in [9.17, 15) is 0 Å². The molecule has 2 nitrogen and oxygen atoms in total. The van der Waals surface area contributed by atoms with Gasteiger partial charge in [0, 0.05) is 11.4 Å². The number of rotatable bonds is 2. The molecule has 0 aromatic heterocycles.